The van der Waals surface area contributed by atoms with Gasteiger partial charge in [0.15, 0.2) is 0 Å². The Morgan fingerprint density at radius 1 is 1.39 bits per heavy atom. The quantitative estimate of drug-likeness (QED) is 0.537. The Bertz CT molecular complexity index is 364. The maximum Gasteiger partial charge on any atom is 0.315 e. The molecule has 0 bridgehead atoms. The van der Waals surface area contributed by atoms with E-state index in [0.29, 0.717) is 0 Å². The van der Waals surface area contributed by atoms with Gasteiger partial charge in [-0.25, -0.2) is 0 Å². The molecule has 1 aliphatic rings. The van der Waals surface area contributed by atoms with Crippen LogP contribution in [0.2, 0.25) is 0 Å². The van der Waals surface area contributed by atoms with Gasteiger partial charge in [-0.1, -0.05) is 0 Å². The fourth-order valence-electron chi connectivity index (χ4n) is 2.39. The number of carbonyl (C=O) groups is 3. The zero-order chi connectivity index (χ0) is 13.9. The zero-order valence-electron chi connectivity index (χ0n) is 10.2. The van der Waals surface area contributed by atoms with Crippen LogP contribution in [0.5, 0.6) is 0 Å². The Balaban J connectivity index is 2.95. The van der Waals surface area contributed by atoms with Gasteiger partial charge in [0.05, 0.1) is 7.11 Å². The van der Waals surface area contributed by atoms with E-state index in [9.17, 15) is 19.5 Å². The number of aliphatic hydroxyl groups is 1. The Morgan fingerprint density at radius 3 is 2.44 bits per heavy atom. The molecule has 0 aliphatic heterocycles. The summed E-state index contributed by atoms with van der Waals surface area (Å²) in [7, 11) is 1.13. The first kappa shape index (κ1) is 14.4. The van der Waals surface area contributed by atoms with E-state index in [1.807, 2.05) is 0 Å². The van der Waals surface area contributed by atoms with Crippen molar-refractivity contribution in [2.45, 2.75) is 32.0 Å². The Labute approximate surface area is 104 Å². The van der Waals surface area contributed by atoms with Crippen molar-refractivity contribution in [1.82, 2.24) is 0 Å². The largest absolute Gasteiger partial charge is 0.481 e. The van der Waals surface area contributed by atoms with Gasteiger partial charge in [0, 0.05) is 19.8 Å². The van der Waals surface area contributed by atoms with Crippen LogP contribution in [0.4, 0.5) is 0 Å². The number of ether oxygens (including phenoxy) is 2. The van der Waals surface area contributed by atoms with Crippen molar-refractivity contribution >= 4 is 17.9 Å². The number of methoxy groups -OCH3 is 1. The fourth-order valence-corrected chi connectivity index (χ4v) is 2.39. The first-order chi connectivity index (χ1) is 8.30. The predicted octanol–water partition coefficient (Wildman–Crippen LogP) is -0.0880. The summed E-state index contributed by atoms with van der Waals surface area (Å²) in [5.74, 6) is -6.34. The monoisotopic (exact) mass is 260 g/mol. The summed E-state index contributed by atoms with van der Waals surface area (Å²) in [6.45, 7) is 1.11. The summed E-state index contributed by atoms with van der Waals surface area (Å²) in [5.41, 5.74) is 0. The van der Waals surface area contributed by atoms with Gasteiger partial charge in [0.25, 0.3) is 0 Å². The van der Waals surface area contributed by atoms with Crippen LogP contribution in [-0.2, 0) is 23.9 Å². The molecule has 1 aliphatic carbocycles. The van der Waals surface area contributed by atoms with Crippen molar-refractivity contribution in [3.05, 3.63) is 0 Å². The molecule has 2 N–H and O–H groups in total. The second kappa shape index (κ2) is 5.34. The molecule has 0 aromatic rings. The smallest absolute Gasteiger partial charge is 0.315 e. The topological polar surface area (TPSA) is 110 Å². The van der Waals surface area contributed by atoms with E-state index >= 15 is 0 Å². The van der Waals surface area contributed by atoms with E-state index in [1.165, 1.54) is 0 Å². The maximum atomic E-state index is 11.6. The Kier molecular flexibility index (Phi) is 4.28. The molecule has 0 heterocycles. The van der Waals surface area contributed by atoms with Gasteiger partial charge in [0.2, 0.25) is 5.79 Å². The van der Waals surface area contributed by atoms with Crippen molar-refractivity contribution in [1.29, 1.82) is 0 Å². The molecule has 1 fully saturated rings. The van der Waals surface area contributed by atoms with Crippen LogP contribution in [-0.4, -0.2) is 41.0 Å². The van der Waals surface area contributed by atoms with Crippen molar-refractivity contribution in [3.63, 3.8) is 0 Å². The van der Waals surface area contributed by atoms with Crippen LogP contribution < -0.4 is 0 Å². The average Bonchev–Trinajstić information content (AvgIpc) is 2.52. The molecule has 1 rings (SSSR count). The second-order valence-electron chi connectivity index (χ2n) is 4.34. The highest BCUT2D eigenvalue weighted by molar-refractivity contribution is 5.77. The number of esters is 2. The number of carboxylic acids is 1. The number of carboxylic acid groups (broad SMARTS) is 1. The van der Waals surface area contributed by atoms with Crippen molar-refractivity contribution in [2.24, 2.45) is 11.8 Å². The van der Waals surface area contributed by atoms with E-state index in [1.54, 1.807) is 0 Å². The summed E-state index contributed by atoms with van der Waals surface area (Å²) in [4.78, 5) is 33.3. The first-order valence-electron chi connectivity index (χ1n) is 5.51. The highest BCUT2D eigenvalue weighted by atomic mass is 16.7. The van der Waals surface area contributed by atoms with Crippen LogP contribution >= 0.6 is 0 Å². The number of hydrogen-bond donors (Lipinski definition) is 2. The van der Waals surface area contributed by atoms with Gasteiger partial charge < -0.3 is 19.7 Å². The molecule has 102 valence electrons. The lowest BCUT2D eigenvalue weighted by atomic mass is 9.90. The summed E-state index contributed by atoms with van der Waals surface area (Å²) in [6.07, 6.45) is 0.00345. The number of hydrogen-bond acceptors (Lipinski definition) is 6. The summed E-state index contributed by atoms with van der Waals surface area (Å²) < 4.78 is 9.31. The SMILES string of the molecule is COC(=O)C1C(CC(=O)O)CCC1(O)OC(C)=O. The van der Waals surface area contributed by atoms with Gasteiger partial charge in [0.1, 0.15) is 5.92 Å². The maximum absolute atomic E-state index is 11.6. The second-order valence-corrected chi connectivity index (χ2v) is 4.34. The third-order valence-corrected chi connectivity index (χ3v) is 3.04. The van der Waals surface area contributed by atoms with Gasteiger partial charge in [-0.2, -0.15) is 0 Å². The number of carbonyl (C=O) groups excluding carboxylic acids is 2. The third kappa shape index (κ3) is 2.98. The molecule has 0 aromatic heterocycles. The van der Waals surface area contributed by atoms with Crippen LogP contribution in [0.25, 0.3) is 0 Å². The van der Waals surface area contributed by atoms with Gasteiger partial charge in [-0.15, -0.1) is 0 Å². The minimum Gasteiger partial charge on any atom is -0.481 e. The van der Waals surface area contributed by atoms with Gasteiger partial charge >= 0.3 is 17.9 Å². The molecule has 18 heavy (non-hydrogen) atoms. The number of aliphatic carboxylic acids is 1. The summed E-state index contributed by atoms with van der Waals surface area (Å²) >= 11 is 0. The third-order valence-electron chi connectivity index (χ3n) is 3.04. The zero-order valence-corrected chi connectivity index (χ0v) is 10.2. The van der Waals surface area contributed by atoms with Gasteiger partial charge in [-0.3, -0.25) is 14.4 Å². The molecule has 0 saturated heterocycles. The molecule has 0 amide bonds. The van der Waals surface area contributed by atoms with E-state index in [2.05, 4.69) is 4.74 Å². The van der Waals surface area contributed by atoms with Crippen molar-refractivity contribution in [2.75, 3.05) is 7.11 Å². The normalized spacial score (nSPS) is 30.8. The Hall–Kier alpha value is -1.63. The summed E-state index contributed by atoms with van der Waals surface area (Å²) in [6, 6.07) is 0. The van der Waals surface area contributed by atoms with Crippen molar-refractivity contribution in [3.8, 4) is 0 Å². The molecule has 3 atom stereocenters. The Morgan fingerprint density at radius 2 is 2.00 bits per heavy atom. The van der Waals surface area contributed by atoms with Crippen LogP contribution in [0, 0.1) is 11.8 Å². The van der Waals surface area contributed by atoms with Crippen LogP contribution in [0.3, 0.4) is 0 Å². The standard InChI is InChI=1S/C11H16O7/c1-6(12)18-11(16)4-3-7(5-8(13)14)9(11)10(15)17-2/h7,9,16H,3-5H2,1-2H3,(H,13,14). The molecular weight excluding hydrogens is 244 g/mol. The van der Waals surface area contributed by atoms with Crippen molar-refractivity contribution < 1.29 is 34.1 Å². The van der Waals surface area contributed by atoms with E-state index in [4.69, 9.17) is 9.84 Å². The molecule has 7 heteroatoms. The number of rotatable bonds is 4. The molecule has 7 nitrogen and oxygen atoms in total. The lowest BCUT2D eigenvalue weighted by molar-refractivity contribution is -0.227. The highest BCUT2D eigenvalue weighted by Crippen LogP contribution is 2.43. The minimum absolute atomic E-state index is 0.0181. The first-order valence-corrected chi connectivity index (χ1v) is 5.51. The fraction of sp³-hybridized carbons (Fsp3) is 0.727. The van der Waals surface area contributed by atoms with E-state index < -0.39 is 35.5 Å². The lowest BCUT2D eigenvalue weighted by Gasteiger charge is -2.29. The lowest BCUT2D eigenvalue weighted by Crippen LogP contribution is -2.44. The highest BCUT2D eigenvalue weighted by Gasteiger charge is 2.55. The van der Waals surface area contributed by atoms with Crippen LogP contribution in [0.1, 0.15) is 26.2 Å². The van der Waals surface area contributed by atoms with E-state index in [0.717, 1.165) is 14.0 Å². The summed E-state index contributed by atoms with van der Waals surface area (Å²) in [5, 5.41) is 18.9. The molecule has 0 radical (unpaired) electrons. The average molecular weight is 260 g/mol. The molecule has 3 unspecified atom stereocenters. The predicted molar refractivity (Wildman–Crippen MR) is 57.2 cm³/mol. The molecule has 0 aromatic carbocycles. The molecular formula is C11H16O7. The molecule has 1 saturated carbocycles. The molecule has 0 spiro atoms. The van der Waals surface area contributed by atoms with Crippen LogP contribution in [0.15, 0.2) is 0 Å². The van der Waals surface area contributed by atoms with Gasteiger partial charge in [-0.05, 0) is 12.3 Å². The van der Waals surface area contributed by atoms with E-state index in [-0.39, 0.29) is 19.3 Å². The minimum atomic E-state index is -1.97.